The number of imidazole rings is 1. The Morgan fingerprint density at radius 3 is 2.76 bits per heavy atom. The maximum absolute atomic E-state index is 12.6. The highest BCUT2D eigenvalue weighted by molar-refractivity contribution is 7.92. The molecule has 0 saturated heterocycles. The van der Waals surface area contributed by atoms with Crippen LogP contribution in [0.15, 0.2) is 52.5 Å². The third kappa shape index (κ3) is 1.42. The minimum atomic E-state index is -3.71. The van der Waals surface area contributed by atoms with E-state index in [2.05, 4.69) is 4.98 Å². The van der Waals surface area contributed by atoms with Crippen molar-refractivity contribution >= 4 is 21.2 Å². The molecule has 1 aliphatic rings. The lowest BCUT2D eigenvalue weighted by Crippen LogP contribution is -2.01. The van der Waals surface area contributed by atoms with Crippen molar-refractivity contribution in [2.45, 2.75) is 9.92 Å². The molecular weight excluding hydrogens is 294 g/mol. The number of hydrogen-bond donors (Lipinski definition) is 0. The van der Waals surface area contributed by atoms with E-state index in [0.717, 1.165) is 0 Å². The standard InChI is InChI=1S/C13H7N3O4S/c17-16(18)8-4-5-10-9(7-8)12-13(21(10,19)20)15-6-2-1-3-11(15)14-12/h1-7H. The first-order valence-corrected chi connectivity index (χ1v) is 7.49. The molecule has 7 nitrogen and oxygen atoms in total. The van der Waals surface area contributed by atoms with Gasteiger partial charge in [-0.05, 0) is 18.2 Å². The van der Waals surface area contributed by atoms with Gasteiger partial charge in [-0.25, -0.2) is 13.4 Å². The molecule has 0 aliphatic carbocycles. The molecule has 0 atom stereocenters. The van der Waals surface area contributed by atoms with Gasteiger partial charge in [0, 0.05) is 23.9 Å². The summed E-state index contributed by atoms with van der Waals surface area (Å²) in [6, 6.07) is 8.85. The number of sulfone groups is 1. The van der Waals surface area contributed by atoms with Gasteiger partial charge in [0.25, 0.3) is 5.69 Å². The molecule has 4 rings (SSSR count). The van der Waals surface area contributed by atoms with Gasteiger partial charge < -0.3 is 0 Å². The summed E-state index contributed by atoms with van der Waals surface area (Å²) in [6.45, 7) is 0. The van der Waals surface area contributed by atoms with Crippen LogP contribution in [0.4, 0.5) is 5.69 Å². The highest BCUT2D eigenvalue weighted by Gasteiger charge is 2.38. The summed E-state index contributed by atoms with van der Waals surface area (Å²) in [6.07, 6.45) is 1.61. The largest absolute Gasteiger partial charge is 0.290 e. The van der Waals surface area contributed by atoms with Crippen LogP contribution < -0.4 is 0 Å². The lowest BCUT2D eigenvalue weighted by molar-refractivity contribution is -0.384. The molecule has 0 N–H and O–H groups in total. The zero-order valence-electron chi connectivity index (χ0n) is 10.4. The van der Waals surface area contributed by atoms with E-state index in [4.69, 9.17) is 0 Å². The van der Waals surface area contributed by atoms with E-state index in [1.165, 1.54) is 22.6 Å². The van der Waals surface area contributed by atoms with Gasteiger partial charge in [0.2, 0.25) is 9.84 Å². The Bertz CT molecular complexity index is 1040. The minimum Gasteiger partial charge on any atom is -0.290 e. The normalized spacial score (nSPS) is 14.9. The summed E-state index contributed by atoms with van der Waals surface area (Å²) in [5, 5.41) is 10.9. The zero-order valence-corrected chi connectivity index (χ0v) is 11.2. The summed E-state index contributed by atoms with van der Waals surface area (Å²) >= 11 is 0. The second kappa shape index (κ2) is 3.67. The Morgan fingerprint density at radius 1 is 1.19 bits per heavy atom. The Labute approximate surface area is 118 Å². The maximum atomic E-state index is 12.6. The highest BCUT2D eigenvalue weighted by Crippen LogP contribution is 2.44. The van der Waals surface area contributed by atoms with Crippen LogP contribution in [0.25, 0.3) is 16.9 Å². The molecule has 0 bridgehead atoms. The van der Waals surface area contributed by atoms with Gasteiger partial charge >= 0.3 is 0 Å². The van der Waals surface area contributed by atoms with E-state index < -0.39 is 14.8 Å². The summed E-state index contributed by atoms with van der Waals surface area (Å²) in [5.74, 6) is 0. The Morgan fingerprint density at radius 2 is 2.00 bits per heavy atom. The van der Waals surface area contributed by atoms with Crippen molar-refractivity contribution in [2.24, 2.45) is 0 Å². The van der Waals surface area contributed by atoms with Crippen molar-refractivity contribution in [3.63, 3.8) is 0 Å². The van der Waals surface area contributed by atoms with Crippen molar-refractivity contribution in [3.05, 3.63) is 52.7 Å². The van der Waals surface area contributed by atoms with Crippen LogP contribution in [0.2, 0.25) is 0 Å². The number of nitro benzene ring substituents is 1. The fraction of sp³-hybridized carbons (Fsp3) is 0. The lowest BCUT2D eigenvalue weighted by atomic mass is 10.1. The minimum absolute atomic E-state index is 0.0591. The monoisotopic (exact) mass is 301 g/mol. The third-order valence-electron chi connectivity index (χ3n) is 3.46. The number of hydrogen-bond acceptors (Lipinski definition) is 5. The number of fused-ring (bicyclic) bond motifs is 5. The third-order valence-corrected chi connectivity index (χ3v) is 5.29. The molecule has 8 heteroatoms. The number of benzene rings is 1. The smallest absolute Gasteiger partial charge is 0.270 e. The van der Waals surface area contributed by atoms with E-state index in [1.54, 1.807) is 24.4 Å². The predicted molar refractivity (Wildman–Crippen MR) is 72.7 cm³/mol. The van der Waals surface area contributed by atoms with Crippen molar-refractivity contribution in [2.75, 3.05) is 0 Å². The van der Waals surface area contributed by atoms with Crippen LogP contribution in [-0.2, 0) is 9.84 Å². The van der Waals surface area contributed by atoms with E-state index in [9.17, 15) is 18.5 Å². The van der Waals surface area contributed by atoms with Crippen LogP contribution in [0.1, 0.15) is 0 Å². The average Bonchev–Trinajstić information content (AvgIpc) is 2.94. The van der Waals surface area contributed by atoms with Gasteiger partial charge in [0.05, 0.1) is 9.82 Å². The lowest BCUT2D eigenvalue weighted by Gasteiger charge is -2.01. The van der Waals surface area contributed by atoms with Gasteiger partial charge in [-0.1, -0.05) is 6.07 Å². The first-order valence-electron chi connectivity index (χ1n) is 6.01. The van der Waals surface area contributed by atoms with Gasteiger partial charge in [-0.3, -0.25) is 14.5 Å². The quantitative estimate of drug-likeness (QED) is 0.396. The molecule has 0 spiro atoms. The van der Waals surface area contributed by atoms with E-state index >= 15 is 0 Å². The number of non-ortho nitro benzene ring substituents is 1. The molecule has 0 radical (unpaired) electrons. The zero-order chi connectivity index (χ0) is 14.8. The molecule has 1 aliphatic heterocycles. The second-order valence-electron chi connectivity index (χ2n) is 4.64. The van der Waals surface area contributed by atoms with E-state index in [-0.39, 0.29) is 26.9 Å². The SMILES string of the molecule is O=[N+]([O-])c1ccc2c(c1)-c1nc3ccccn3c1S2(=O)=O. The second-order valence-corrected chi connectivity index (χ2v) is 6.47. The first kappa shape index (κ1) is 12.0. The van der Waals surface area contributed by atoms with Crippen molar-refractivity contribution in [1.29, 1.82) is 0 Å². The fourth-order valence-corrected chi connectivity index (χ4v) is 4.28. The Kier molecular flexibility index (Phi) is 2.10. The predicted octanol–water partition coefficient (Wildman–Crippen LogP) is 2.06. The number of nitro groups is 1. The van der Waals surface area contributed by atoms with Gasteiger partial charge in [0.15, 0.2) is 5.03 Å². The summed E-state index contributed by atoms with van der Waals surface area (Å²) in [7, 11) is -3.71. The molecule has 0 fully saturated rings. The van der Waals surface area contributed by atoms with Crippen LogP contribution in [0, 0.1) is 10.1 Å². The Balaban J connectivity index is 2.16. The fourth-order valence-electron chi connectivity index (χ4n) is 2.56. The summed E-state index contributed by atoms with van der Waals surface area (Å²) in [4.78, 5) is 14.7. The summed E-state index contributed by atoms with van der Waals surface area (Å²) < 4.78 is 26.7. The maximum Gasteiger partial charge on any atom is 0.270 e. The molecule has 104 valence electrons. The molecule has 0 saturated carbocycles. The number of nitrogens with zero attached hydrogens (tertiary/aromatic N) is 3. The number of rotatable bonds is 1. The molecule has 3 heterocycles. The van der Waals surface area contributed by atoms with Crippen molar-refractivity contribution in [3.8, 4) is 11.3 Å². The van der Waals surface area contributed by atoms with Crippen molar-refractivity contribution in [1.82, 2.24) is 9.38 Å². The molecule has 3 aromatic rings. The molecular formula is C13H7N3O4S. The van der Waals surface area contributed by atoms with Gasteiger partial charge in [-0.2, -0.15) is 0 Å². The number of pyridine rings is 1. The van der Waals surface area contributed by atoms with Crippen LogP contribution in [0.3, 0.4) is 0 Å². The number of aromatic nitrogens is 2. The average molecular weight is 301 g/mol. The first-order chi connectivity index (χ1) is 10.00. The molecule has 0 amide bonds. The van der Waals surface area contributed by atoms with Gasteiger partial charge in [-0.15, -0.1) is 0 Å². The molecule has 2 aromatic heterocycles. The Hall–Kier alpha value is -2.74. The van der Waals surface area contributed by atoms with E-state index in [1.807, 2.05) is 0 Å². The van der Waals surface area contributed by atoms with Crippen LogP contribution in [0.5, 0.6) is 0 Å². The van der Waals surface area contributed by atoms with Crippen LogP contribution >= 0.6 is 0 Å². The highest BCUT2D eigenvalue weighted by atomic mass is 32.2. The molecule has 0 unspecified atom stereocenters. The van der Waals surface area contributed by atoms with E-state index in [0.29, 0.717) is 5.65 Å². The van der Waals surface area contributed by atoms with Crippen LogP contribution in [-0.4, -0.2) is 22.7 Å². The van der Waals surface area contributed by atoms with Gasteiger partial charge in [0.1, 0.15) is 11.3 Å². The van der Waals surface area contributed by atoms with Crippen molar-refractivity contribution < 1.29 is 13.3 Å². The molecule has 1 aromatic carbocycles. The summed E-state index contributed by atoms with van der Waals surface area (Å²) in [5.41, 5.74) is 0.875. The molecule has 21 heavy (non-hydrogen) atoms. The topological polar surface area (TPSA) is 94.6 Å².